The largest absolute Gasteiger partial charge is 0.322 e. The molecule has 1 N–H and O–H groups in total. The standard InChI is InChI=1S/C23H22N2O3/c1-14-6-5-7-15(2)20(14)24-21(26)16-10-12-17(13-11-16)25-22(27)18-8-3-4-9-19(18)23(25)28/h3-7,10-13,18-19H,8-9H2,1-2H3,(H,24,26). The molecule has 5 nitrogen and oxygen atoms in total. The normalized spacial score (nSPS) is 21.0. The van der Waals surface area contributed by atoms with Gasteiger partial charge in [-0.2, -0.15) is 0 Å². The van der Waals surface area contributed by atoms with Gasteiger partial charge in [0, 0.05) is 11.3 Å². The first-order valence-electron chi connectivity index (χ1n) is 9.48. The molecule has 0 bridgehead atoms. The summed E-state index contributed by atoms with van der Waals surface area (Å²) in [6.07, 6.45) is 5.16. The average molecular weight is 374 g/mol. The molecule has 4 rings (SSSR count). The molecule has 0 spiro atoms. The molecule has 3 amide bonds. The summed E-state index contributed by atoms with van der Waals surface area (Å²) < 4.78 is 0. The SMILES string of the molecule is Cc1cccc(C)c1NC(=O)c1ccc(N2C(=O)C3CC=CCC3C2=O)cc1. The lowest BCUT2D eigenvalue weighted by atomic mass is 9.85. The van der Waals surface area contributed by atoms with Gasteiger partial charge in [-0.1, -0.05) is 30.4 Å². The van der Waals surface area contributed by atoms with E-state index in [1.807, 2.05) is 44.2 Å². The van der Waals surface area contributed by atoms with Crippen LogP contribution in [0, 0.1) is 25.7 Å². The average Bonchev–Trinajstić information content (AvgIpc) is 2.96. The molecule has 142 valence electrons. The van der Waals surface area contributed by atoms with Gasteiger partial charge in [0.25, 0.3) is 5.91 Å². The van der Waals surface area contributed by atoms with Crippen LogP contribution in [0.3, 0.4) is 0 Å². The van der Waals surface area contributed by atoms with E-state index in [1.165, 1.54) is 4.90 Å². The number of anilines is 2. The molecule has 0 radical (unpaired) electrons. The first-order valence-corrected chi connectivity index (χ1v) is 9.48. The molecule has 2 aromatic carbocycles. The lowest BCUT2D eigenvalue weighted by molar-refractivity contribution is -0.122. The second-order valence-corrected chi connectivity index (χ2v) is 7.44. The van der Waals surface area contributed by atoms with Crippen LogP contribution in [0.4, 0.5) is 11.4 Å². The number of fused-ring (bicyclic) bond motifs is 1. The Labute approximate surface area is 164 Å². The molecule has 2 atom stereocenters. The summed E-state index contributed by atoms with van der Waals surface area (Å²) in [5.74, 6) is -1.03. The number of benzene rings is 2. The molecular formula is C23H22N2O3. The third kappa shape index (κ3) is 3.03. The number of nitrogens with one attached hydrogen (secondary N) is 1. The highest BCUT2D eigenvalue weighted by atomic mass is 16.2. The zero-order valence-corrected chi connectivity index (χ0v) is 15.9. The lowest BCUT2D eigenvalue weighted by Gasteiger charge is -2.16. The maximum Gasteiger partial charge on any atom is 0.255 e. The molecule has 1 aliphatic heterocycles. The van der Waals surface area contributed by atoms with Crippen LogP contribution in [-0.2, 0) is 9.59 Å². The van der Waals surface area contributed by atoms with Crippen molar-refractivity contribution in [2.75, 3.05) is 10.2 Å². The van der Waals surface area contributed by atoms with Gasteiger partial charge in [-0.05, 0) is 62.1 Å². The zero-order chi connectivity index (χ0) is 19.8. The van der Waals surface area contributed by atoms with Crippen LogP contribution in [0.15, 0.2) is 54.6 Å². The Bertz CT molecular complexity index is 945. The van der Waals surface area contributed by atoms with Crippen LogP contribution < -0.4 is 10.2 Å². The lowest BCUT2D eigenvalue weighted by Crippen LogP contribution is -2.30. The highest BCUT2D eigenvalue weighted by Gasteiger charge is 2.47. The van der Waals surface area contributed by atoms with Crippen molar-refractivity contribution in [3.05, 3.63) is 71.3 Å². The van der Waals surface area contributed by atoms with Crippen LogP contribution in [0.5, 0.6) is 0 Å². The van der Waals surface area contributed by atoms with Gasteiger partial charge in [0.2, 0.25) is 11.8 Å². The first kappa shape index (κ1) is 18.2. The molecule has 0 aromatic heterocycles. The summed E-state index contributed by atoms with van der Waals surface area (Å²) in [5, 5.41) is 2.95. The van der Waals surface area contributed by atoms with E-state index in [-0.39, 0.29) is 29.6 Å². The number of amides is 3. The summed E-state index contributed by atoms with van der Waals surface area (Å²) >= 11 is 0. The Morgan fingerprint density at radius 1 is 0.893 bits per heavy atom. The molecule has 1 fully saturated rings. The molecule has 28 heavy (non-hydrogen) atoms. The van der Waals surface area contributed by atoms with Gasteiger partial charge in [0.15, 0.2) is 0 Å². The van der Waals surface area contributed by atoms with E-state index >= 15 is 0 Å². The van der Waals surface area contributed by atoms with E-state index in [9.17, 15) is 14.4 Å². The van der Waals surface area contributed by atoms with E-state index < -0.39 is 0 Å². The van der Waals surface area contributed by atoms with E-state index in [2.05, 4.69) is 5.32 Å². The van der Waals surface area contributed by atoms with E-state index in [0.717, 1.165) is 16.8 Å². The Balaban J connectivity index is 1.54. The molecule has 1 heterocycles. The van der Waals surface area contributed by atoms with Gasteiger partial charge in [0.05, 0.1) is 17.5 Å². The molecule has 2 aliphatic rings. The monoisotopic (exact) mass is 374 g/mol. The number of carbonyl (C=O) groups is 3. The molecule has 2 unspecified atom stereocenters. The van der Waals surface area contributed by atoms with Crippen molar-refractivity contribution in [3.8, 4) is 0 Å². The fourth-order valence-electron chi connectivity index (χ4n) is 4.01. The minimum Gasteiger partial charge on any atom is -0.322 e. The molecule has 1 aliphatic carbocycles. The smallest absolute Gasteiger partial charge is 0.255 e. The van der Waals surface area contributed by atoms with Crippen LogP contribution in [-0.4, -0.2) is 17.7 Å². The maximum atomic E-state index is 12.7. The van der Waals surface area contributed by atoms with Gasteiger partial charge in [-0.25, -0.2) is 0 Å². The van der Waals surface area contributed by atoms with Crippen molar-refractivity contribution < 1.29 is 14.4 Å². The van der Waals surface area contributed by atoms with Gasteiger partial charge >= 0.3 is 0 Å². The zero-order valence-electron chi connectivity index (χ0n) is 15.9. The minimum absolute atomic E-state index is 0.146. The summed E-state index contributed by atoms with van der Waals surface area (Å²) in [4.78, 5) is 39.2. The number of aryl methyl sites for hydroxylation is 2. The number of allylic oxidation sites excluding steroid dienone is 2. The summed E-state index contributed by atoms with van der Waals surface area (Å²) in [5.41, 5.74) is 3.79. The second kappa shape index (κ2) is 7.08. The van der Waals surface area contributed by atoms with E-state index in [1.54, 1.807) is 24.3 Å². The Morgan fingerprint density at radius 3 is 1.96 bits per heavy atom. The van der Waals surface area contributed by atoms with E-state index in [0.29, 0.717) is 24.1 Å². The molecule has 2 aromatic rings. The Morgan fingerprint density at radius 2 is 1.43 bits per heavy atom. The number of carbonyl (C=O) groups excluding carboxylic acids is 3. The number of hydrogen-bond donors (Lipinski definition) is 1. The van der Waals surface area contributed by atoms with Gasteiger partial charge in [-0.3, -0.25) is 19.3 Å². The topological polar surface area (TPSA) is 66.5 Å². The predicted octanol–water partition coefficient (Wildman–Crippen LogP) is 4.01. The van der Waals surface area contributed by atoms with E-state index in [4.69, 9.17) is 0 Å². The minimum atomic E-state index is -0.260. The molecular weight excluding hydrogens is 352 g/mol. The number of para-hydroxylation sites is 1. The predicted molar refractivity (Wildman–Crippen MR) is 108 cm³/mol. The molecule has 1 saturated heterocycles. The number of rotatable bonds is 3. The number of hydrogen-bond acceptors (Lipinski definition) is 3. The summed E-state index contributed by atoms with van der Waals surface area (Å²) in [6, 6.07) is 12.5. The van der Waals surface area contributed by atoms with Crippen molar-refractivity contribution in [2.45, 2.75) is 26.7 Å². The Hall–Kier alpha value is -3.21. The fourth-order valence-corrected chi connectivity index (χ4v) is 4.01. The van der Waals surface area contributed by atoms with Crippen LogP contribution >= 0.6 is 0 Å². The molecule has 5 heteroatoms. The third-order valence-electron chi connectivity index (χ3n) is 5.61. The van der Waals surface area contributed by atoms with Crippen molar-refractivity contribution in [1.29, 1.82) is 0 Å². The number of imide groups is 1. The third-order valence-corrected chi connectivity index (χ3v) is 5.61. The fraction of sp³-hybridized carbons (Fsp3) is 0.261. The summed E-state index contributed by atoms with van der Waals surface area (Å²) in [6.45, 7) is 3.90. The second-order valence-electron chi connectivity index (χ2n) is 7.44. The quantitative estimate of drug-likeness (QED) is 0.652. The first-order chi connectivity index (χ1) is 13.5. The molecule has 0 saturated carbocycles. The van der Waals surface area contributed by atoms with Crippen molar-refractivity contribution in [2.24, 2.45) is 11.8 Å². The van der Waals surface area contributed by atoms with Crippen LogP contribution in [0.2, 0.25) is 0 Å². The Kier molecular flexibility index (Phi) is 4.59. The maximum absolute atomic E-state index is 12.7. The van der Waals surface area contributed by atoms with Gasteiger partial charge in [-0.15, -0.1) is 0 Å². The highest BCUT2D eigenvalue weighted by molar-refractivity contribution is 6.22. The number of nitrogens with zero attached hydrogens (tertiary/aromatic N) is 1. The van der Waals surface area contributed by atoms with Crippen LogP contribution in [0.1, 0.15) is 34.3 Å². The van der Waals surface area contributed by atoms with Crippen molar-refractivity contribution >= 4 is 29.1 Å². The summed E-state index contributed by atoms with van der Waals surface area (Å²) in [7, 11) is 0. The van der Waals surface area contributed by atoms with Crippen molar-refractivity contribution in [1.82, 2.24) is 0 Å². The highest BCUT2D eigenvalue weighted by Crippen LogP contribution is 2.37. The van der Waals surface area contributed by atoms with Gasteiger partial charge < -0.3 is 5.32 Å². The van der Waals surface area contributed by atoms with Crippen LogP contribution in [0.25, 0.3) is 0 Å². The van der Waals surface area contributed by atoms with Crippen molar-refractivity contribution in [3.63, 3.8) is 0 Å². The van der Waals surface area contributed by atoms with Gasteiger partial charge in [0.1, 0.15) is 0 Å².